The number of carboxylic acids is 1. The first kappa shape index (κ1) is 16.9. The van der Waals surface area contributed by atoms with Gasteiger partial charge in [-0.15, -0.1) is 0 Å². The zero-order chi connectivity index (χ0) is 16.8. The van der Waals surface area contributed by atoms with Gasteiger partial charge in [-0.05, 0) is 30.9 Å². The first-order chi connectivity index (χ1) is 11.0. The molecule has 0 amide bonds. The van der Waals surface area contributed by atoms with Crippen LogP contribution in [0.25, 0.3) is 11.4 Å². The largest absolute Gasteiger partial charge is 0.480 e. The number of aliphatic carboxylic acids is 1. The third kappa shape index (κ3) is 4.74. The first-order valence-electron chi connectivity index (χ1n) is 7.77. The summed E-state index contributed by atoms with van der Waals surface area (Å²) in [6, 6.07) is 4.81. The molecule has 0 aromatic carbocycles. The minimum atomic E-state index is -0.874. The SMILES string of the molecule is CCc1cc(N[C@@H](CC(C)C)C(=O)O)nc(-c2ccncc2)n1. The standard InChI is InChI=1S/C17H22N4O2/c1-4-13-10-15(20-14(17(22)23)9-11(2)3)21-16(19-13)12-5-7-18-8-6-12/h5-8,10-11,14H,4,9H2,1-3H3,(H,22,23)(H,19,20,21)/t14-/m0/s1. The van der Waals surface area contributed by atoms with E-state index in [0.29, 0.717) is 18.1 Å². The first-order valence-corrected chi connectivity index (χ1v) is 7.77. The fraction of sp³-hybridized carbons (Fsp3) is 0.412. The second-order valence-corrected chi connectivity index (χ2v) is 5.82. The number of nitrogens with one attached hydrogen (secondary N) is 1. The van der Waals surface area contributed by atoms with Crippen molar-refractivity contribution in [2.45, 2.75) is 39.7 Å². The number of rotatable bonds is 7. The molecule has 0 saturated heterocycles. The Kier molecular flexibility index (Phi) is 5.62. The van der Waals surface area contributed by atoms with E-state index in [1.54, 1.807) is 18.5 Å². The van der Waals surface area contributed by atoms with Crippen LogP contribution in [0.15, 0.2) is 30.6 Å². The van der Waals surface area contributed by atoms with Gasteiger partial charge in [0.15, 0.2) is 5.82 Å². The Morgan fingerprint density at radius 1 is 1.26 bits per heavy atom. The molecule has 2 heterocycles. The predicted molar refractivity (Wildman–Crippen MR) is 89.1 cm³/mol. The molecule has 6 heteroatoms. The zero-order valence-corrected chi connectivity index (χ0v) is 13.7. The predicted octanol–water partition coefficient (Wildman–Crippen LogP) is 3.01. The normalized spacial score (nSPS) is 12.2. The summed E-state index contributed by atoms with van der Waals surface area (Å²) in [4.78, 5) is 24.4. The van der Waals surface area contributed by atoms with E-state index >= 15 is 0 Å². The molecule has 0 spiro atoms. The molecule has 2 rings (SSSR count). The maximum atomic E-state index is 11.4. The Morgan fingerprint density at radius 3 is 2.52 bits per heavy atom. The highest BCUT2D eigenvalue weighted by Crippen LogP contribution is 2.19. The Labute approximate surface area is 136 Å². The number of nitrogens with zero attached hydrogens (tertiary/aromatic N) is 3. The summed E-state index contributed by atoms with van der Waals surface area (Å²) in [6.07, 6.45) is 4.65. The second-order valence-electron chi connectivity index (χ2n) is 5.82. The molecule has 0 fully saturated rings. The second kappa shape index (κ2) is 7.67. The van der Waals surface area contributed by atoms with Crippen molar-refractivity contribution in [3.63, 3.8) is 0 Å². The molecular weight excluding hydrogens is 292 g/mol. The quantitative estimate of drug-likeness (QED) is 0.816. The van der Waals surface area contributed by atoms with Crippen molar-refractivity contribution >= 4 is 11.8 Å². The Morgan fingerprint density at radius 2 is 1.96 bits per heavy atom. The van der Waals surface area contributed by atoms with E-state index < -0.39 is 12.0 Å². The molecule has 1 atom stereocenters. The monoisotopic (exact) mass is 314 g/mol. The molecule has 0 aliphatic carbocycles. The van der Waals surface area contributed by atoms with E-state index in [1.807, 2.05) is 32.9 Å². The van der Waals surface area contributed by atoms with Gasteiger partial charge in [0.1, 0.15) is 11.9 Å². The number of hydrogen-bond acceptors (Lipinski definition) is 5. The zero-order valence-electron chi connectivity index (χ0n) is 13.7. The highest BCUT2D eigenvalue weighted by molar-refractivity contribution is 5.77. The molecule has 0 bridgehead atoms. The third-order valence-electron chi connectivity index (χ3n) is 3.41. The van der Waals surface area contributed by atoms with Gasteiger partial charge in [-0.1, -0.05) is 20.8 Å². The molecule has 23 heavy (non-hydrogen) atoms. The summed E-state index contributed by atoms with van der Waals surface area (Å²) >= 11 is 0. The Balaban J connectivity index is 2.32. The van der Waals surface area contributed by atoms with Crippen molar-refractivity contribution in [3.8, 4) is 11.4 Å². The van der Waals surface area contributed by atoms with Crippen molar-refractivity contribution in [3.05, 3.63) is 36.3 Å². The van der Waals surface area contributed by atoms with Crippen molar-refractivity contribution < 1.29 is 9.90 Å². The summed E-state index contributed by atoms with van der Waals surface area (Å²) in [5.41, 5.74) is 1.72. The van der Waals surface area contributed by atoms with Gasteiger partial charge in [-0.2, -0.15) is 0 Å². The molecule has 122 valence electrons. The highest BCUT2D eigenvalue weighted by atomic mass is 16.4. The van der Waals surface area contributed by atoms with E-state index in [9.17, 15) is 9.90 Å². The van der Waals surface area contributed by atoms with Crippen molar-refractivity contribution in [2.24, 2.45) is 5.92 Å². The molecule has 0 aliphatic heterocycles. The molecule has 0 aliphatic rings. The van der Waals surface area contributed by atoms with E-state index in [1.165, 1.54) is 0 Å². The third-order valence-corrected chi connectivity index (χ3v) is 3.41. The fourth-order valence-corrected chi connectivity index (χ4v) is 2.25. The number of carboxylic acid groups (broad SMARTS) is 1. The van der Waals surface area contributed by atoms with Crippen molar-refractivity contribution in [1.29, 1.82) is 0 Å². The van der Waals surface area contributed by atoms with Crippen LogP contribution in [0.2, 0.25) is 0 Å². The van der Waals surface area contributed by atoms with E-state index in [0.717, 1.165) is 17.7 Å². The number of aromatic nitrogens is 3. The number of anilines is 1. The smallest absolute Gasteiger partial charge is 0.326 e. The molecule has 0 saturated carbocycles. The molecule has 6 nitrogen and oxygen atoms in total. The van der Waals surface area contributed by atoms with Gasteiger partial charge in [0.05, 0.1) is 0 Å². The summed E-state index contributed by atoms with van der Waals surface area (Å²) in [7, 11) is 0. The van der Waals surface area contributed by atoms with Crippen molar-refractivity contribution in [1.82, 2.24) is 15.0 Å². The van der Waals surface area contributed by atoms with Crippen LogP contribution in [0.4, 0.5) is 5.82 Å². The minimum absolute atomic E-state index is 0.274. The number of pyridine rings is 1. The average Bonchev–Trinajstić information content (AvgIpc) is 2.54. The van der Waals surface area contributed by atoms with E-state index in [2.05, 4.69) is 20.3 Å². The van der Waals surface area contributed by atoms with Crippen LogP contribution < -0.4 is 5.32 Å². The lowest BCUT2D eigenvalue weighted by Crippen LogP contribution is -2.31. The number of carbonyl (C=O) groups is 1. The van der Waals surface area contributed by atoms with E-state index in [4.69, 9.17) is 0 Å². The molecule has 2 aromatic rings. The average molecular weight is 314 g/mol. The van der Waals surface area contributed by atoms with Crippen LogP contribution >= 0.6 is 0 Å². The lowest BCUT2D eigenvalue weighted by atomic mass is 10.0. The van der Waals surface area contributed by atoms with Gasteiger partial charge in [0, 0.05) is 29.7 Å². The number of aryl methyl sites for hydroxylation is 1. The van der Waals surface area contributed by atoms with Crippen molar-refractivity contribution in [2.75, 3.05) is 5.32 Å². The van der Waals surface area contributed by atoms with Crippen LogP contribution in [0.1, 0.15) is 32.9 Å². The summed E-state index contributed by atoms with van der Waals surface area (Å²) < 4.78 is 0. The van der Waals surface area contributed by atoms with Crippen LogP contribution in [0.3, 0.4) is 0 Å². The summed E-state index contributed by atoms with van der Waals surface area (Å²) in [6.45, 7) is 6.00. The van der Waals surface area contributed by atoms with Gasteiger partial charge in [-0.25, -0.2) is 14.8 Å². The molecule has 2 aromatic heterocycles. The molecule has 0 unspecified atom stereocenters. The summed E-state index contributed by atoms with van der Waals surface area (Å²) in [5, 5.41) is 12.4. The highest BCUT2D eigenvalue weighted by Gasteiger charge is 2.19. The van der Waals surface area contributed by atoms with Gasteiger partial charge < -0.3 is 10.4 Å². The maximum absolute atomic E-state index is 11.4. The van der Waals surface area contributed by atoms with Crippen LogP contribution in [0.5, 0.6) is 0 Å². The van der Waals surface area contributed by atoms with Gasteiger partial charge in [-0.3, -0.25) is 4.98 Å². The maximum Gasteiger partial charge on any atom is 0.326 e. The van der Waals surface area contributed by atoms with Crippen LogP contribution in [0, 0.1) is 5.92 Å². The fourth-order valence-electron chi connectivity index (χ4n) is 2.25. The lowest BCUT2D eigenvalue weighted by Gasteiger charge is -2.18. The van der Waals surface area contributed by atoms with Gasteiger partial charge in [0.2, 0.25) is 0 Å². The topological polar surface area (TPSA) is 88.0 Å². The number of hydrogen-bond donors (Lipinski definition) is 2. The molecule has 2 N–H and O–H groups in total. The minimum Gasteiger partial charge on any atom is -0.480 e. The summed E-state index contributed by atoms with van der Waals surface area (Å²) in [5.74, 6) is 0.510. The molecule has 0 radical (unpaired) electrons. The van der Waals surface area contributed by atoms with Gasteiger partial charge in [0.25, 0.3) is 0 Å². The van der Waals surface area contributed by atoms with E-state index in [-0.39, 0.29) is 5.92 Å². The van der Waals surface area contributed by atoms with Crippen LogP contribution in [-0.2, 0) is 11.2 Å². The molecular formula is C17H22N4O2. The lowest BCUT2D eigenvalue weighted by molar-refractivity contribution is -0.138. The Hall–Kier alpha value is -2.50. The van der Waals surface area contributed by atoms with Crippen LogP contribution in [-0.4, -0.2) is 32.1 Å². The Bertz CT molecular complexity index is 659. The van der Waals surface area contributed by atoms with Gasteiger partial charge >= 0.3 is 5.97 Å².